The smallest absolute Gasteiger partial charge is 0.151 e. The van der Waals surface area contributed by atoms with Gasteiger partial charge in [-0.05, 0) is 40.2 Å². The largest absolute Gasteiger partial charge is 0.366 e. The van der Waals surface area contributed by atoms with Gasteiger partial charge in [0.1, 0.15) is 5.52 Å². The fourth-order valence-corrected chi connectivity index (χ4v) is 3.20. The molecule has 3 aromatic rings. The molecule has 0 aromatic carbocycles. The van der Waals surface area contributed by atoms with Crippen molar-refractivity contribution in [1.29, 1.82) is 0 Å². The van der Waals surface area contributed by atoms with E-state index in [2.05, 4.69) is 45.9 Å². The van der Waals surface area contributed by atoms with Crippen molar-refractivity contribution in [1.82, 2.24) is 20.2 Å². The fraction of sp³-hybridized carbons (Fsp3) is 0.250. The minimum absolute atomic E-state index is 0.910. The highest BCUT2D eigenvalue weighted by molar-refractivity contribution is 9.10. The Bertz CT molecular complexity index is 817. The highest BCUT2D eigenvalue weighted by Gasteiger charge is 2.20. The number of piperazine rings is 1. The molecule has 0 unspecified atom stereocenters. The average molecular weight is 371 g/mol. The summed E-state index contributed by atoms with van der Waals surface area (Å²) < 4.78 is 0.946. The molecule has 3 aromatic heterocycles. The number of nitrogens with zero attached hydrogens (tertiary/aromatic N) is 6. The van der Waals surface area contributed by atoms with Gasteiger partial charge in [0.15, 0.2) is 5.82 Å². The highest BCUT2D eigenvalue weighted by atomic mass is 79.9. The minimum Gasteiger partial charge on any atom is -0.366 e. The van der Waals surface area contributed by atoms with Crippen LogP contribution in [0.2, 0.25) is 0 Å². The van der Waals surface area contributed by atoms with Gasteiger partial charge in [-0.2, -0.15) is 5.10 Å². The van der Waals surface area contributed by atoms with Gasteiger partial charge in [-0.15, -0.1) is 5.10 Å². The summed E-state index contributed by atoms with van der Waals surface area (Å²) in [6, 6.07) is 7.97. The molecule has 0 atom stereocenters. The van der Waals surface area contributed by atoms with Crippen LogP contribution in [0.1, 0.15) is 0 Å². The molecule has 0 saturated carbocycles. The molecule has 0 bridgehead atoms. The Labute approximate surface area is 142 Å². The molecule has 23 heavy (non-hydrogen) atoms. The number of fused-ring (bicyclic) bond motifs is 1. The van der Waals surface area contributed by atoms with Crippen molar-refractivity contribution in [2.45, 2.75) is 0 Å². The van der Waals surface area contributed by atoms with Crippen molar-refractivity contribution in [3.05, 3.63) is 47.3 Å². The average Bonchev–Trinajstić information content (AvgIpc) is 2.62. The number of halogens is 1. The third-order valence-electron chi connectivity index (χ3n) is 4.03. The summed E-state index contributed by atoms with van der Waals surface area (Å²) in [5.74, 6) is 0.939. The normalized spacial score (nSPS) is 15.2. The summed E-state index contributed by atoms with van der Waals surface area (Å²) >= 11 is 3.45. The lowest BCUT2D eigenvalue weighted by atomic mass is 10.2. The molecule has 1 saturated heterocycles. The van der Waals surface area contributed by atoms with Crippen molar-refractivity contribution in [2.75, 3.05) is 36.0 Å². The summed E-state index contributed by atoms with van der Waals surface area (Å²) in [6.45, 7) is 3.68. The second-order valence-corrected chi connectivity index (χ2v) is 6.32. The van der Waals surface area contributed by atoms with Gasteiger partial charge in [-0.1, -0.05) is 0 Å². The maximum absolute atomic E-state index is 4.55. The predicted octanol–water partition coefficient (Wildman–Crippen LogP) is 2.51. The van der Waals surface area contributed by atoms with E-state index in [1.807, 2.05) is 36.7 Å². The number of rotatable bonds is 2. The Hall–Kier alpha value is -2.28. The van der Waals surface area contributed by atoms with Crippen molar-refractivity contribution in [2.24, 2.45) is 0 Å². The quantitative estimate of drug-likeness (QED) is 0.690. The lowest BCUT2D eigenvalue weighted by Gasteiger charge is -2.36. The van der Waals surface area contributed by atoms with E-state index < -0.39 is 0 Å². The number of pyridine rings is 2. The first-order chi connectivity index (χ1) is 11.3. The number of hydrogen-bond acceptors (Lipinski definition) is 6. The van der Waals surface area contributed by atoms with E-state index in [1.165, 1.54) is 0 Å². The second-order valence-electron chi connectivity index (χ2n) is 5.41. The Morgan fingerprint density at radius 2 is 1.78 bits per heavy atom. The third-order valence-corrected chi connectivity index (χ3v) is 4.46. The zero-order valence-electron chi connectivity index (χ0n) is 12.4. The fourth-order valence-electron chi connectivity index (χ4n) is 2.89. The predicted molar refractivity (Wildman–Crippen MR) is 93.7 cm³/mol. The molecule has 4 heterocycles. The molecule has 0 aliphatic carbocycles. The first-order valence-corrected chi connectivity index (χ1v) is 8.28. The second kappa shape index (κ2) is 6.08. The van der Waals surface area contributed by atoms with Gasteiger partial charge in [-0.25, -0.2) is 0 Å². The summed E-state index contributed by atoms with van der Waals surface area (Å²) in [4.78, 5) is 13.6. The topological polar surface area (TPSA) is 58.0 Å². The van der Waals surface area contributed by atoms with E-state index >= 15 is 0 Å². The molecule has 0 N–H and O–H groups in total. The maximum Gasteiger partial charge on any atom is 0.151 e. The molecular weight excluding hydrogens is 356 g/mol. The summed E-state index contributed by atoms with van der Waals surface area (Å²) in [5.41, 5.74) is 3.00. The molecule has 0 amide bonds. The lowest BCUT2D eigenvalue weighted by molar-refractivity contribution is 0.644. The Kier molecular flexibility index (Phi) is 3.78. The molecule has 1 aliphatic rings. The summed E-state index contributed by atoms with van der Waals surface area (Å²) in [6.07, 6.45) is 5.37. The number of hydrogen-bond donors (Lipinski definition) is 0. The van der Waals surface area contributed by atoms with Crippen LogP contribution < -0.4 is 9.80 Å². The van der Waals surface area contributed by atoms with Gasteiger partial charge in [-0.3, -0.25) is 9.97 Å². The van der Waals surface area contributed by atoms with Crippen LogP contribution in [0.15, 0.2) is 47.3 Å². The van der Waals surface area contributed by atoms with Crippen molar-refractivity contribution in [3.8, 4) is 0 Å². The minimum atomic E-state index is 0.910. The maximum atomic E-state index is 4.55. The number of aromatic nitrogens is 4. The Balaban J connectivity index is 1.57. The van der Waals surface area contributed by atoms with Crippen LogP contribution in [-0.4, -0.2) is 46.3 Å². The van der Waals surface area contributed by atoms with E-state index in [0.29, 0.717) is 0 Å². The van der Waals surface area contributed by atoms with Crippen LogP contribution in [0.25, 0.3) is 11.0 Å². The highest BCUT2D eigenvalue weighted by Crippen LogP contribution is 2.26. The van der Waals surface area contributed by atoms with Gasteiger partial charge in [0.05, 0.1) is 11.2 Å². The molecule has 116 valence electrons. The number of anilines is 2. The van der Waals surface area contributed by atoms with Gasteiger partial charge < -0.3 is 9.80 Å². The first kappa shape index (κ1) is 14.3. The van der Waals surface area contributed by atoms with E-state index in [1.54, 1.807) is 6.20 Å². The third kappa shape index (κ3) is 2.84. The van der Waals surface area contributed by atoms with Crippen molar-refractivity contribution < 1.29 is 0 Å². The van der Waals surface area contributed by atoms with Crippen LogP contribution in [0.3, 0.4) is 0 Å². The van der Waals surface area contributed by atoms with Crippen LogP contribution in [-0.2, 0) is 0 Å². The van der Waals surface area contributed by atoms with Gasteiger partial charge in [0.25, 0.3) is 0 Å². The van der Waals surface area contributed by atoms with Crippen molar-refractivity contribution >= 4 is 38.5 Å². The zero-order chi connectivity index (χ0) is 15.6. The van der Waals surface area contributed by atoms with E-state index in [4.69, 9.17) is 0 Å². The van der Waals surface area contributed by atoms with Gasteiger partial charge in [0.2, 0.25) is 0 Å². The Morgan fingerprint density at radius 3 is 2.57 bits per heavy atom. The SMILES string of the molecule is Brc1cnc2c(N3CCN(c4cccnn4)CC3)ccnc2c1. The van der Waals surface area contributed by atoms with Crippen LogP contribution in [0.5, 0.6) is 0 Å². The molecule has 7 heteroatoms. The summed E-state index contributed by atoms with van der Waals surface area (Å²) in [5, 5.41) is 8.15. The lowest BCUT2D eigenvalue weighted by Crippen LogP contribution is -2.47. The molecular formula is C16H15BrN6. The van der Waals surface area contributed by atoms with E-state index in [-0.39, 0.29) is 0 Å². The zero-order valence-corrected chi connectivity index (χ0v) is 14.0. The molecule has 1 fully saturated rings. The van der Waals surface area contributed by atoms with E-state index in [0.717, 1.165) is 53.2 Å². The summed E-state index contributed by atoms with van der Waals surface area (Å²) in [7, 11) is 0. The van der Waals surface area contributed by atoms with Crippen LogP contribution in [0, 0.1) is 0 Å². The monoisotopic (exact) mass is 370 g/mol. The van der Waals surface area contributed by atoms with Gasteiger partial charge >= 0.3 is 0 Å². The molecule has 0 spiro atoms. The van der Waals surface area contributed by atoms with E-state index in [9.17, 15) is 0 Å². The first-order valence-electron chi connectivity index (χ1n) is 7.49. The van der Waals surface area contributed by atoms with Crippen molar-refractivity contribution in [3.63, 3.8) is 0 Å². The standard InChI is InChI=1S/C16H15BrN6/c17-12-10-13-16(19-11-12)14(3-5-18-13)22-6-8-23(9-7-22)15-2-1-4-20-21-15/h1-5,10-11H,6-9H2. The van der Waals surface area contributed by atoms with Crippen LogP contribution in [0.4, 0.5) is 11.5 Å². The molecule has 1 aliphatic heterocycles. The molecule has 6 nitrogen and oxygen atoms in total. The molecule has 4 rings (SSSR count). The molecule has 0 radical (unpaired) electrons. The van der Waals surface area contributed by atoms with Gasteiger partial charge in [0, 0.05) is 49.2 Å². The van der Waals surface area contributed by atoms with Crippen LogP contribution >= 0.6 is 15.9 Å². The Morgan fingerprint density at radius 1 is 0.957 bits per heavy atom.